The zero-order chi connectivity index (χ0) is 15.6. The summed E-state index contributed by atoms with van der Waals surface area (Å²) < 4.78 is 75.4. The van der Waals surface area contributed by atoms with Gasteiger partial charge in [-0.3, -0.25) is 4.79 Å². The van der Waals surface area contributed by atoms with Crippen molar-refractivity contribution in [3.05, 3.63) is 34.9 Å². The highest BCUT2D eigenvalue weighted by atomic mass is 19.4. The van der Waals surface area contributed by atoms with E-state index in [-0.39, 0.29) is 12.5 Å². The molecule has 0 aliphatic rings. The molecule has 112 valence electrons. The van der Waals surface area contributed by atoms with Gasteiger partial charge in [-0.15, -0.1) is 0 Å². The first kappa shape index (κ1) is 16.5. The van der Waals surface area contributed by atoms with Crippen molar-refractivity contribution in [2.75, 3.05) is 0 Å². The molecule has 0 aliphatic carbocycles. The van der Waals surface area contributed by atoms with Gasteiger partial charge in [-0.25, -0.2) is 0 Å². The molecule has 0 unspecified atom stereocenters. The number of halogens is 6. The minimum atomic E-state index is -4.93. The summed E-state index contributed by atoms with van der Waals surface area (Å²) in [7, 11) is 0. The third-order valence-corrected chi connectivity index (χ3v) is 2.67. The van der Waals surface area contributed by atoms with Crippen molar-refractivity contribution in [3.63, 3.8) is 0 Å². The molecule has 1 rings (SSSR count). The molecule has 20 heavy (non-hydrogen) atoms. The molecule has 0 radical (unpaired) electrons. The first-order valence-electron chi connectivity index (χ1n) is 5.88. The second-order valence-corrected chi connectivity index (χ2v) is 4.32. The summed E-state index contributed by atoms with van der Waals surface area (Å²) in [6.07, 6.45) is -8.90. The molecule has 0 heterocycles. The van der Waals surface area contributed by atoms with Crippen LogP contribution in [-0.2, 0) is 12.4 Å². The molecule has 1 aromatic rings. The fraction of sp³-hybridized carbons (Fsp3) is 0.462. The number of carbonyl (C=O) groups is 1. The first-order chi connectivity index (χ1) is 9.05. The second-order valence-electron chi connectivity index (χ2n) is 4.32. The molecule has 0 spiro atoms. The van der Waals surface area contributed by atoms with Gasteiger partial charge in [0.25, 0.3) is 0 Å². The second kappa shape index (κ2) is 5.85. The van der Waals surface area contributed by atoms with E-state index in [1.807, 2.05) is 0 Å². The van der Waals surface area contributed by atoms with E-state index in [4.69, 9.17) is 0 Å². The summed E-state index contributed by atoms with van der Waals surface area (Å²) in [6.45, 7) is 1.76. The van der Waals surface area contributed by atoms with E-state index in [1.165, 1.54) is 0 Å². The van der Waals surface area contributed by atoms with Gasteiger partial charge in [0.1, 0.15) is 0 Å². The lowest BCUT2D eigenvalue weighted by Crippen LogP contribution is -2.13. The molecule has 0 fully saturated rings. The Bertz CT molecular complexity index is 454. The van der Waals surface area contributed by atoms with Crippen LogP contribution in [0.1, 0.15) is 47.7 Å². The van der Waals surface area contributed by atoms with Gasteiger partial charge < -0.3 is 0 Å². The summed E-state index contributed by atoms with van der Waals surface area (Å²) in [4.78, 5) is 11.6. The molecule has 1 aromatic carbocycles. The van der Waals surface area contributed by atoms with Crippen molar-refractivity contribution in [2.45, 2.75) is 38.5 Å². The van der Waals surface area contributed by atoms with Crippen LogP contribution in [0.5, 0.6) is 0 Å². The highest BCUT2D eigenvalue weighted by molar-refractivity contribution is 5.96. The summed E-state index contributed by atoms with van der Waals surface area (Å²) in [5.41, 5.74) is -3.49. The summed E-state index contributed by atoms with van der Waals surface area (Å²) in [6, 6.07) is 0.942. The van der Waals surface area contributed by atoms with Gasteiger partial charge >= 0.3 is 12.4 Å². The molecule has 0 amide bonds. The van der Waals surface area contributed by atoms with E-state index in [1.54, 1.807) is 6.92 Å². The normalized spacial score (nSPS) is 12.6. The van der Waals surface area contributed by atoms with Crippen LogP contribution in [0.15, 0.2) is 18.2 Å². The molecular weight excluding hydrogens is 286 g/mol. The number of hydrogen-bond acceptors (Lipinski definition) is 1. The Hall–Kier alpha value is -1.53. The number of benzene rings is 1. The maximum atomic E-state index is 12.6. The van der Waals surface area contributed by atoms with Gasteiger partial charge in [-0.2, -0.15) is 26.3 Å². The van der Waals surface area contributed by atoms with Crippen molar-refractivity contribution in [1.29, 1.82) is 0 Å². The molecule has 0 saturated carbocycles. The van der Waals surface area contributed by atoms with E-state index in [9.17, 15) is 31.1 Å². The van der Waals surface area contributed by atoms with Crippen LogP contribution in [-0.4, -0.2) is 5.78 Å². The monoisotopic (exact) mass is 298 g/mol. The van der Waals surface area contributed by atoms with Gasteiger partial charge in [0, 0.05) is 12.0 Å². The summed E-state index contributed by atoms with van der Waals surface area (Å²) in [5.74, 6) is -0.719. The molecule has 0 atom stereocenters. The third-order valence-electron chi connectivity index (χ3n) is 2.67. The van der Waals surface area contributed by atoms with Crippen molar-refractivity contribution in [2.24, 2.45) is 0 Å². The molecule has 0 aliphatic heterocycles. The van der Waals surface area contributed by atoms with Crippen LogP contribution in [0, 0.1) is 0 Å². The van der Waals surface area contributed by atoms with Gasteiger partial charge in [0.15, 0.2) is 5.78 Å². The smallest absolute Gasteiger partial charge is 0.294 e. The van der Waals surface area contributed by atoms with Crippen LogP contribution in [0.25, 0.3) is 0 Å². The number of alkyl halides is 6. The van der Waals surface area contributed by atoms with Crippen LogP contribution in [0.3, 0.4) is 0 Å². The van der Waals surface area contributed by atoms with Crippen LogP contribution < -0.4 is 0 Å². The van der Waals surface area contributed by atoms with Crippen LogP contribution >= 0.6 is 0 Å². The predicted octanol–water partition coefficient (Wildman–Crippen LogP) is 5.10. The van der Waals surface area contributed by atoms with Gasteiger partial charge in [0.2, 0.25) is 0 Å². The molecule has 0 aromatic heterocycles. The standard InChI is InChI=1S/C13H12F6O/c1-2-3-4-11(20)8-5-9(12(14,15)16)7-10(6-8)13(17,18)19/h5-7H,2-4H2,1H3. The minimum Gasteiger partial charge on any atom is -0.294 e. The van der Waals surface area contributed by atoms with Crippen molar-refractivity contribution < 1.29 is 31.1 Å². The Kier molecular flexibility index (Phi) is 4.83. The van der Waals surface area contributed by atoms with Gasteiger partial charge in [-0.1, -0.05) is 13.3 Å². The van der Waals surface area contributed by atoms with E-state index < -0.39 is 34.8 Å². The SMILES string of the molecule is CCCCC(=O)c1cc(C(F)(F)F)cc(C(F)(F)F)c1. The zero-order valence-electron chi connectivity index (χ0n) is 10.5. The lowest BCUT2D eigenvalue weighted by Gasteiger charge is -2.13. The van der Waals surface area contributed by atoms with Crippen LogP contribution in [0.4, 0.5) is 26.3 Å². The fourth-order valence-electron chi connectivity index (χ4n) is 1.60. The van der Waals surface area contributed by atoms with Crippen molar-refractivity contribution in [1.82, 2.24) is 0 Å². The van der Waals surface area contributed by atoms with E-state index >= 15 is 0 Å². The van der Waals surface area contributed by atoms with Crippen molar-refractivity contribution in [3.8, 4) is 0 Å². The summed E-state index contributed by atoms with van der Waals surface area (Å²) >= 11 is 0. The Labute approximate surface area is 111 Å². The lowest BCUT2D eigenvalue weighted by atomic mass is 9.99. The quantitative estimate of drug-likeness (QED) is 0.558. The Morgan fingerprint density at radius 2 is 1.40 bits per heavy atom. The number of rotatable bonds is 4. The number of ketones is 1. The number of unbranched alkanes of at least 4 members (excludes halogenated alkanes) is 1. The topological polar surface area (TPSA) is 17.1 Å². The van der Waals surface area contributed by atoms with E-state index in [0.717, 1.165) is 0 Å². The Morgan fingerprint density at radius 1 is 0.950 bits per heavy atom. The molecule has 0 N–H and O–H groups in total. The average Bonchev–Trinajstić information content (AvgIpc) is 2.33. The number of Topliss-reactive ketones (excluding diaryl/α,β-unsaturated/α-hetero) is 1. The van der Waals surface area contributed by atoms with Gasteiger partial charge in [0.05, 0.1) is 11.1 Å². The minimum absolute atomic E-state index is 0.0105. The van der Waals surface area contributed by atoms with Crippen LogP contribution in [0.2, 0.25) is 0 Å². The third kappa shape index (κ3) is 4.25. The Morgan fingerprint density at radius 3 is 1.75 bits per heavy atom. The maximum absolute atomic E-state index is 12.6. The molecular formula is C13H12F6O. The van der Waals surface area contributed by atoms with E-state index in [2.05, 4.69) is 0 Å². The zero-order valence-corrected chi connectivity index (χ0v) is 10.5. The molecule has 1 nitrogen and oxygen atoms in total. The van der Waals surface area contributed by atoms with Gasteiger partial charge in [-0.05, 0) is 24.6 Å². The lowest BCUT2D eigenvalue weighted by molar-refractivity contribution is -0.143. The molecule has 7 heteroatoms. The first-order valence-corrected chi connectivity index (χ1v) is 5.88. The highest BCUT2D eigenvalue weighted by Crippen LogP contribution is 2.36. The van der Waals surface area contributed by atoms with Crippen molar-refractivity contribution >= 4 is 5.78 Å². The maximum Gasteiger partial charge on any atom is 0.416 e. The number of hydrogen-bond donors (Lipinski definition) is 0. The molecule has 0 saturated heterocycles. The summed E-state index contributed by atoms with van der Waals surface area (Å²) in [5, 5.41) is 0. The number of carbonyl (C=O) groups excluding carboxylic acids is 1. The predicted molar refractivity (Wildman–Crippen MR) is 60.3 cm³/mol. The average molecular weight is 298 g/mol. The van der Waals surface area contributed by atoms with E-state index in [0.29, 0.717) is 25.0 Å². The largest absolute Gasteiger partial charge is 0.416 e. The molecule has 0 bridgehead atoms. The highest BCUT2D eigenvalue weighted by Gasteiger charge is 2.37. The fourth-order valence-corrected chi connectivity index (χ4v) is 1.60. The Balaban J connectivity index is 3.27.